The molecule has 0 atom stereocenters. The largest absolute Gasteiger partial charge is 0.337 e. The normalized spacial score (nSPS) is 20.8. The number of aryl methyl sites for hydroxylation is 1. The fraction of sp³-hybridized carbons (Fsp3) is 0.533. The van der Waals surface area contributed by atoms with Crippen LogP contribution in [0.4, 0.5) is 0 Å². The van der Waals surface area contributed by atoms with Crippen molar-refractivity contribution < 1.29 is 13.2 Å². The number of hydrogen-bond donors (Lipinski definition) is 0. The number of carbonyl (C=O) groups excluding carboxylic acids is 1. The first-order valence-electron chi connectivity index (χ1n) is 7.29. The molecule has 3 rings (SSSR count). The molecule has 1 aliphatic heterocycles. The molecular weight excluding hydrogens is 288 g/mol. The number of carbonyl (C=O) groups is 1. The summed E-state index contributed by atoms with van der Waals surface area (Å²) >= 11 is 0. The van der Waals surface area contributed by atoms with E-state index in [-0.39, 0.29) is 18.2 Å². The Bertz CT molecular complexity index is 653. The van der Waals surface area contributed by atoms with E-state index in [4.69, 9.17) is 0 Å². The zero-order chi connectivity index (χ0) is 15.0. The molecule has 114 valence electrons. The highest BCUT2D eigenvalue weighted by Crippen LogP contribution is 2.28. The van der Waals surface area contributed by atoms with Gasteiger partial charge in [0.1, 0.15) is 0 Å². The van der Waals surface area contributed by atoms with Crippen LogP contribution in [0.15, 0.2) is 24.3 Å². The molecule has 21 heavy (non-hydrogen) atoms. The van der Waals surface area contributed by atoms with Gasteiger partial charge >= 0.3 is 0 Å². The highest BCUT2D eigenvalue weighted by Gasteiger charge is 2.38. The molecule has 0 spiro atoms. The molecule has 0 aromatic heterocycles. The van der Waals surface area contributed by atoms with Gasteiger partial charge in [-0.3, -0.25) is 4.79 Å². The molecule has 1 saturated carbocycles. The second-order valence-electron chi connectivity index (χ2n) is 5.83. The Hall–Kier alpha value is -1.40. The van der Waals surface area contributed by atoms with E-state index in [0.29, 0.717) is 19.1 Å². The van der Waals surface area contributed by atoms with Crippen LogP contribution in [0, 0.1) is 6.92 Å². The lowest BCUT2D eigenvalue weighted by molar-refractivity contribution is -0.134. The van der Waals surface area contributed by atoms with Crippen molar-refractivity contribution in [2.45, 2.75) is 31.6 Å². The minimum atomic E-state index is -3.43. The summed E-state index contributed by atoms with van der Waals surface area (Å²) in [6.07, 6.45) is 2.11. The summed E-state index contributed by atoms with van der Waals surface area (Å²) in [6.45, 7) is 2.83. The van der Waals surface area contributed by atoms with Crippen LogP contribution in [0.5, 0.6) is 0 Å². The number of piperazine rings is 1. The second kappa shape index (κ2) is 5.42. The maximum Gasteiger partial charge on any atom is 0.238 e. The zero-order valence-corrected chi connectivity index (χ0v) is 13.0. The molecule has 2 aliphatic rings. The molecule has 2 fully saturated rings. The zero-order valence-electron chi connectivity index (χ0n) is 12.2. The first-order valence-corrected chi connectivity index (χ1v) is 8.90. The lowest BCUT2D eigenvalue weighted by atomic mass is 10.1. The summed E-state index contributed by atoms with van der Waals surface area (Å²) in [6, 6.07) is 7.83. The molecule has 1 aromatic rings. The van der Waals surface area contributed by atoms with Gasteiger partial charge in [0, 0.05) is 19.1 Å². The van der Waals surface area contributed by atoms with Crippen LogP contribution in [-0.4, -0.2) is 49.2 Å². The topological polar surface area (TPSA) is 57.7 Å². The fourth-order valence-corrected chi connectivity index (χ4v) is 4.30. The minimum Gasteiger partial charge on any atom is -0.337 e. The second-order valence-corrected chi connectivity index (χ2v) is 7.80. The van der Waals surface area contributed by atoms with E-state index in [2.05, 4.69) is 0 Å². The third-order valence-corrected chi connectivity index (χ3v) is 5.98. The van der Waals surface area contributed by atoms with Crippen LogP contribution in [0.3, 0.4) is 0 Å². The number of nitrogens with zero attached hydrogens (tertiary/aromatic N) is 2. The maximum atomic E-state index is 12.5. The van der Waals surface area contributed by atoms with Gasteiger partial charge in [-0.05, 0) is 30.9 Å². The van der Waals surface area contributed by atoms with E-state index in [1.165, 1.54) is 4.31 Å². The monoisotopic (exact) mass is 308 g/mol. The molecule has 6 heteroatoms. The molecule has 0 bridgehead atoms. The van der Waals surface area contributed by atoms with Crippen molar-refractivity contribution in [2.75, 3.05) is 19.6 Å². The van der Waals surface area contributed by atoms with Gasteiger partial charge in [0.25, 0.3) is 0 Å². The van der Waals surface area contributed by atoms with Crippen molar-refractivity contribution in [3.8, 4) is 0 Å². The van der Waals surface area contributed by atoms with Crippen molar-refractivity contribution in [3.05, 3.63) is 35.4 Å². The molecule has 0 N–H and O–H groups in total. The van der Waals surface area contributed by atoms with Gasteiger partial charge in [0.15, 0.2) is 0 Å². The average Bonchev–Trinajstić information content (AvgIpc) is 3.25. The Kier molecular flexibility index (Phi) is 3.75. The van der Waals surface area contributed by atoms with E-state index < -0.39 is 10.0 Å². The summed E-state index contributed by atoms with van der Waals surface area (Å²) < 4.78 is 26.3. The Morgan fingerprint density at radius 1 is 1.19 bits per heavy atom. The Balaban J connectivity index is 1.71. The predicted octanol–water partition coefficient (Wildman–Crippen LogP) is 1.13. The quantitative estimate of drug-likeness (QED) is 0.838. The van der Waals surface area contributed by atoms with Gasteiger partial charge in [-0.25, -0.2) is 8.42 Å². The summed E-state index contributed by atoms with van der Waals surface area (Å²) in [5.41, 5.74) is 1.76. The number of sulfonamides is 1. The van der Waals surface area contributed by atoms with Crippen molar-refractivity contribution in [1.82, 2.24) is 9.21 Å². The van der Waals surface area contributed by atoms with Gasteiger partial charge in [-0.2, -0.15) is 4.31 Å². The summed E-state index contributed by atoms with van der Waals surface area (Å²) in [7, 11) is -3.43. The first kappa shape index (κ1) is 14.5. The number of benzene rings is 1. The molecular formula is C15H20N2O3S. The van der Waals surface area contributed by atoms with Gasteiger partial charge in [-0.1, -0.05) is 24.3 Å². The van der Waals surface area contributed by atoms with Crippen molar-refractivity contribution in [2.24, 2.45) is 0 Å². The van der Waals surface area contributed by atoms with Crippen LogP contribution in [0.1, 0.15) is 24.0 Å². The number of hydrogen-bond acceptors (Lipinski definition) is 3. The van der Waals surface area contributed by atoms with E-state index in [1.54, 1.807) is 0 Å². The summed E-state index contributed by atoms with van der Waals surface area (Å²) in [4.78, 5) is 13.9. The first-order chi connectivity index (χ1) is 9.97. The Morgan fingerprint density at radius 3 is 2.52 bits per heavy atom. The van der Waals surface area contributed by atoms with E-state index in [9.17, 15) is 13.2 Å². The average molecular weight is 308 g/mol. The Morgan fingerprint density at radius 2 is 1.90 bits per heavy atom. The summed E-state index contributed by atoms with van der Waals surface area (Å²) in [5.74, 6) is -0.0896. The molecule has 5 nitrogen and oxygen atoms in total. The van der Waals surface area contributed by atoms with E-state index in [1.807, 2.05) is 36.1 Å². The smallest absolute Gasteiger partial charge is 0.238 e. The highest BCUT2D eigenvalue weighted by molar-refractivity contribution is 7.88. The van der Waals surface area contributed by atoms with Crippen LogP contribution in [-0.2, 0) is 20.6 Å². The predicted molar refractivity (Wildman–Crippen MR) is 80.1 cm³/mol. The van der Waals surface area contributed by atoms with E-state index >= 15 is 0 Å². The standard InChI is InChI=1S/C15H20N2O3S/c1-12-4-2-3-5-13(12)11-21(19,20)16-8-9-17(14-6-7-14)15(18)10-16/h2-5,14H,6-11H2,1H3. The number of amides is 1. The third kappa shape index (κ3) is 3.11. The van der Waals surface area contributed by atoms with Crippen molar-refractivity contribution >= 4 is 15.9 Å². The number of rotatable bonds is 4. The van der Waals surface area contributed by atoms with E-state index in [0.717, 1.165) is 24.0 Å². The molecule has 1 aromatic carbocycles. The van der Waals surface area contributed by atoms with Crippen LogP contribution in [0.2, 0.25) is 0 Å². The van der Waals surface area contributed by atoms with Gasteiger partial charge < -0.3 is 4.90 Å². The molecule has 1 amide bonds. The fourth-order valence-electron chi connectivity index (χ4n) is 2.73. The minimum absolute atomic E-state index is 0.00921. The lowest BCUT2D eigenvalue weighted by Crippen LogP contribution is -2.53. The van der Waals surface area contributed by atoms with Crippen molar-refractivity contribution in [1.29, 1.82) is 0 Å². The van der Waals surface area contributed by atoms with Gasteiger partial charge in [0.05, 0.1) is 12.3 Å². The molecule has 1 aliphatic carbocycles. The lowest BCUT2D eigenvalue weighted by Gasteiger charge is -2.33. The van der Waals surface area contributed by atoms with Gasteiger partial charge in [-0.15, -0.1) is 0 Å². The molecule has 0 radical (unpaired) electrons. The Labute approximate surface area is 125 Å². The van der Waals surface area contributed by atoms with Crippen molar-refractivity contribution in [3.63, 3.8) is 0 Å². The molecule has 1 saturated heterocycles. The third-order valence-electron chi connectivity index (χ3n) is 4.20. The SMILES string of the molecule is Cc1ccccc1CS(=O)(=O)N1CCN(C2CC2)C(=O)C1. The molecule has 1 heterocycles. The molecule has 0 unspecified atom stereocenters. The van der Waals surface area contributed by atoms with Crippen LogP contribution >= 0.6 is 0 Å². The highest BCUT2D eigenvalue weighted by atomic mass is 32.2. The summed E-state index contributed by atoms with van der Waals surface area (Å²) in [5, 5.41) is 0. The van der Waals surface area contributed by atoms with Crippen LogP contribution in [0.25, 0.3) is 0 Å². The maximum absolute atomic E-state index is 12.5. The van der Waals surface area contributed by atoms with Crippen LogP contribution < -0.4 is 0 Å². The van der Waals surface area contributed by atoms with Gasteiger partial charge in [0.2, 0.25) is 15.9 Å².